The Morgan fingerprint density at radius 2 is 1.03 bits per heavy atom. The molecule has 0 fully saturated rings. The average molecular weight is 444 g/mol. The summed E-state index contributed by atoms with van der Waals surface area (Å²) in [6.45, 7) is 9.02. The van der Waals surface area contributed by atoms with E-state index in [9.17, 15) is 0 Å². The Morgan fingerprint density at radius 1 is 0.618 bits per heavy atom. The number of aliphatic imine (C=N–C) groups is 1. The van der Waals surface area contributed by atoms with E-state index >= 15 is 0 Å². The van der Waals surface area contributed by atoms with Gasteiger partial charge in [0.05, 0.1) is 11.8 Å². The van der Waals surface area contributed by atoms with Crippen molar-refractivity contribution in [2.24, 2.45) is 10.9 Å². The minimum absolute atomic E-state index is 0.136. The third-order valence-electron chi connectivity index (χ3n) is 7.06. The zero-order chi connectivity index (χ0) is 24.0. The smallest absolute Gasteiger partial charge is 0.0817 e. The lowest BCUT2D eigenvalue weighted by Gasteiger charge is -2.44. The van der Waals surface area contributed by atoms with Gasteiger partial charge in [-0.1, -0.05) is 143 Å². The molecule has 0 N–H and O–H groups in total. The van der Waals surface area contributed by atoms with Gasteiger partial charge in [-0.2, -0.15) is 22.7 Å². The van der Waals surface area contributed by atoms with Crippen LogP contribution in [0.25, 0.3) is 0 Å². The van der Waals surface area contributed by atoms with Crippen LogP contribution in [0.15, 0.2) is 120 Å². The first-order valence-corrected chi connectivity index (χ1v) is 12.4. The van der Waals surface area contributed by atoms with Gasteiger partial charge >= 0.3 is 0 Å². The van der Waals surface area contributed by atoms with Gasteiger partial charge in [-0.3, -0.25) is 4.99 Å². The standard InChI is InChI=1S/C22H24B.C10H11N/c1-19(2)18-23(20-12-6-3-7-13-20,21-14-8-4-9-15-21)22-16-10-5-11-17-22;1-10(2)7-11-9-6-4-3-5-8(9)10/h3-17,19H,18H2,1-2H3;3-7H,1-2H3/q-1;. The van der Waals surface area contributed by atoms with Crippen molar-refractivity contribution in [3.63, 3.8) is 0 Å². The second-order valence-corrected chi connectivity index (χ2v) is 10.4. The van der Waals surface area contributed by atoms with Gasteiger partial charge in [0.2, 0.25) is 0 Å². The number of para-hydroxylation sites is 1. The predicted octanol–water partition coefficient (Wildman–Crippen LogP) is 6.49. The summed E-state index contributed by atoms with van der Waals surface area (Å²) in [5, 5.41) is 0. The van der Waals surface area contributed by atoms with Crippen LogP contribution in [0.5, 0.6) is 0 Å². The molecule has 1 heterocycles. The fourth-order valence-electron chi connectivity index (χ4n) is 5.47. The monoisotopic (exact) mass is 444 g/mol. The van der Waals surface area contributed by atoms with E-state index in [-0.39, 0.29) is 5.41 Å². The summed E-state index contributed by atoms with van der Waals surface area (Å²) in [4.78, 5) is 4.33. The van der Waals surface area contributed by atoms with Crippen molar-refractivity contribution in [2.45, 2.75) is 39.4 Å². The Bertz CT molecular complexity index is 1110. The maximum atomic E-state index is 4.33. The molecule has 1 aliphatic rings. The predicted molar refractivity (Wildman–Crippen MR) is 151 cm³/mol. The van der Waals surface area contributed by atoms with Crippen LogP contribution >= 0.6 is 0 Å². The van der Waals surface area contributed by atoms with Crippen molar-refractivity contribution in [3.8, 4) is 0 Å². The summed E-state index contributed by atoms with van der Waals surface area (Å²) >= 11 is 0. The van der Waals surface area contributed by atoms with Crippen LogP contribution in [0.1, 0.15) is 33.3 Å². The molecule has 5 rings (SSSR count). The average Bonchev–Trinajstić information content (AvgIpc) is 3.19. The zero-order valence-corrected chi connectivity index (χ0v) is 20.9. The SMILES string of the molecule is CC(C)C[B-](c1ccccc1)(c1ccccc1)c1ccccc1.CC1(C)C=Nc2ccccc21. The van der Waals surface area contributed by atoms with Crippen molar-refractivity contribution >= 4 is 34.4 Å². The number of hydrogen-bond acceptors (Lipinski definition) is 1. The summed E-state index contributed by atoms with van der Waals surface area (Å²) in [7, 11) is 0. The van der Waals surface area contributed by atoms with Crippen LogP contribution in [0.2, 0.25) is 6.32 Å². The normalized spacial score (nSPS) is 13.8. The van der Waals surface area contributed by atoms with Crippen molar-refractivity contribution in [2.75, 3.05) is 0 Å². The summed E-state index contributed by atoms with van der Waals surface area (Å²) in [6, 6.07) is 41.4. The largest absolute Gasteiger partial charge is 0.260 e. The summed E-state index contributed by atoms with van der Waals surface area (Å²) in [5.74, 6) is 0.621. The highest BCUT2D eigenvalue weighted by Crippen LogP contribution is 2.35. The molecule has 0 aromatic heterocycles. The minimum atomic E-state index is -0.949. The molecule has 2 heteroatoms. The van der Waals surface area contributed by atoms with E-state index in [4.69, 9.17) is 0 Å². The molecular weight excluding hydrogens is 409 g/mol. The van der Waals surface area contributed by atoms with Crippen LogP contribution in [0.4, 0.5) is 5.69 Å². The number of benzene rings is 4. The van der Waals surface area contributed by atoms with E-state index in [0.717, 1.165) is 12.0 Å². The van der Waals surface area contributed by atoms with Crippen LogP contribution in [-0.4, -0.2) is 12.4 Å². The van der Waals surface area contributed by atoms with E-state index in [0.29, 0.717) is 5.92 Å². The number of nitrogens with zero attached hydrogens (tertiary/aromatic N) is 1. The molecule has 0 saturated heterocycles. The maximum absolute atomic E-state index is 4.33. The number of rotatable bonds is 5. The molecule has 1 nitrogen and oxygen atoms in total. The molecule has 4 aromatic carbocycles. The molecule has 0 unspecified atom stereocenters. The number of hydrogen-bond donors (Lipinski definition) is 0. The van der Waals surface area contributed by atoms with Crippen LogP contribution < -0.4 is 16.4 Å². The Morgan fingerprint density at radius 3 is 1.44 bits per heavy atom. The fraction of sp³-hybridized carbons (Fsp3) is 0.219. The summed E-state index contributed by atoms with van der Waals surface area (Å²) in [6.07, 6.45) is 2.21. The van der Waals surface area contributed by atoms with E-state index in [1.54, 1.807) is 0 Å². The lowest BCUT2D eigenvalue weighted by atomic mass is 9.13. The van der Waals surface area contributed by atoms with Crippen molar-refractivity contribution < 1.29 is 0 Å². The summed E-state index contributed by atoms with van der Waals surface area (Å²) in [5.41, 5.74) is 6.88. The van der Waals surface area contributed by atoms with Gasteiger partial charge in [0.25, 0.3) is 0 Å². The van der Waals surface area contributed by atoms with E-state index in [2.05, 4.69) is 142 Å². The zero-order valence-electron chi connectivity index (χ0n) is 20.9. The highest BCUT2D eigenvalue weighted by atomic mass is 14.8. The Hall–Kier alpha value is -3.39. The Balaban J connectivity index is 0.000000207. The van der Waals surface area contributed by atoms with Gasteiger partial charge in [-0.15, -0.1) is 0 Å². The topological polar surface area (TPSA) is 12.4 Å². The highest BCUT2D eigenvalue weighted by molar-refractivity contribution is 7.11. The number of fused-ring (bicyclic) bond motifs is 1. The molecule has 0 radical (unpaired) electrons. The minimum Gasteiger partial charge on any atom is -0.260 e. The van der Waals surface area contributed by atoms with Gasteiger partial charge in [0.15, 0.2) is 0 Å². The van der Waals surface area contributed by atoms with Crippen LogP contribution in [-0.2, 0) is 5.41 Å². The molecule has 0 saturated carbocycles. The lowest BCUT2D eigenvalue weighted by molar-refractivity contribution is 0.726. The third-order valence-corrected chi connectivity index (χ3v) is 7.06. The highest BCUT2D eigenvalue weighted by Gasteiger charge is 2.30. The first-order valence-electron chi connectivity index (χ1n) is 12.4. The Kier molecular flexibility index (Phi) is 7.17. The Labute approximate surface area is 205 Å². The molecule has 172 valence electrons. The molecular formula is C32H35BN-. The molecule has 34 heavy (non-hydrogen) atoms. The van der Waals surface area contributed by atoms with Crippen molar-refractivity contribution in [1.82, 2.24) is 0 Å². The van der Waals surface area contributed by atoms with E-state index < -0.39 is 6.15 Å². The second-order valence-electron chi connectivity index (χ2n) is 10.4. The van der Waals surface area contributed by atoms with Crippen LogP contribution in [0, 0.1) is 5.92 Å². The van der Waals surface area contributed by atoms with Crippen LogP contribution in [0.3, 0.4) is 0 Å². The molecule has 4 aromatic rings. The van der Waals surface area contributed by atoms with Crippen molar-refractivity contribution in [1.29, 1.82) is 0 Å². The van der Waals surface area contributed by atoms with Gasteiger partial charge < -0.3 is 0 Å². The molecule has 0 bridgehead atoms. The molecule has 0 aliphatic carbocycles. The van der Waals surface area contributed by atoms with E-state index in [1.165, 1.54) is 22.0 Å². The first kappa shape index (κ1) is 23.8. The maximum Gasteiger partial charge on any atom is 0.0817 e. The quantitative estimate of drug-likeness (QED) is 0.312. The third kappa shape index (κ3) is 4.92. The lowest BCUT2D eigenvalue weighted by Crippen LogP contribution is -2.67. The van der Waals surface area contributed by atoms with Gasteiger partial charge in [0, 0.05) is 11.6 Å². The molecule has 1 aliphatic heterocycles. The second kappa shape index (κ2) is 10.3. The van der Waals surface area contributed by atoms with Gasteiger partial charge in [-0.25, -0.2) is 0 Å². The molecule has 0 spiro atoms. The molecule has 0 atom stereocenters. The van der Waals surface area contributed by atoms with Gasteiger partial charge in [-0.05, 0) is 11.6 Å². The van der Waals surface area contributed by atoms with Crippen molar-refractivity contribution in [3.05, 3.63) is 121 Å². The fourth-order valence-corrected chi connectivity index (χ4v) is 5.47. The summed E-state index contributed by atoms with van der Waals surface area (Å²) < 4.78 is 0. The van der Waals surface area contributed by atoms with Gasteiger partial charge in [0.1, 0.15) is 0 Å². The van der Waals surface area contributed by atoms with E-state index in [1.807, 2.05) is 12.3 Å². The first-order chi connectivity index (χ1) is 16.4. The molecule has 0 amide bonds.